The summed E-state index contributed by atoms with van der Waals surface area (Å²) in [4.78, 5) is 45.4. The van der Waals surface area contributed by atoms with Crippen molar-refractivity contribution in [1.29, 1.82) is 0 Å². The van der Waals surface area contributed by atoms with Crippen LogP contribution in [-0.4, -0.2) is 27.0 Å². The molecule has 144 valence electrons. The minimum Gasteiger partial charge on any atom is -0.383 e. The minimum atomic E-state index is -0.692. The van der Waals surface area contributed by atoms with Gasteiger partial charge in [0, 0.05) is 24.5 Å². The molecule has 0 saturated carbocycles. The number of pyridine rings is 1. The summed E-state index contributed by atoms with van der Waals surface area (Å²) in [6.07, 6.45) is 3.61. The first kappa shape index (κ1) is 19.1. The Morgan fingerprint density at radius 3 is 2.46 bits per heavy atom. The number of hydrogen-bond donors (Lipinski definition) is 2. The maximum Gasteiger partial charge on any atom is 0.330 e. The van der Waals surface area contributed by atoms with Gasteiger partial charge < -0.3 is 10.6 Å². The summed E-state index contributed by atoms with van der Waals surface area (Å²) in [6, 6.07) is 12.4. The number of H-pyrrole nitrogens is 1. The fourth-order valence-electron chi connectivity index (χ4n) is 2.95. The first-order valence-corrected chi connectivity index (χ1v) is 8.91. The van der Waals surface area contributed by atoms with Gasteiger partial charge in [-0.05, 0) is 24.1 Å². The van der Waals surface area contributed by atoms with Crippen molar-refractivity contribution in [1.82, 2.24) is 14.5 Å². The van der Waals surface area contributed by atoms with E-state index in [9.17, 15) is 14.4 Å². The SMILES string of the molecule is CCCN(C(=O)c1ccncc1)c1c(N)n(Cc2ccccc2)c(=O)[nH]c1=O. The molecule has 8 heteroatoms. The van der Waals surface area contributed by atoms with Crippen LogP contribution in [0.15, 0.2) is 64.4 Å². The van der Waals surface area contributed by atoms with Gasteiger partial charge in [0.2, 0.25) is 0 Å². The van der Waals surface area contributed by atoms with E-state index in [0.717, 1.165) is 5.56 Å². The van der Waals surface area contributed by atoms with E-state index in [-0.39, 0.29) is 30.5 Å². The highest BCUT2D eigenvalue weighted by molar-refractivity contribution is 6.07. The number of nitrogens with zero attached hydrogens (tertiary/aromatic N) is 3. The highest BCUT2D eigenvalue weighted by Crippen LogP contribution is 2.20. The Labute approximate surface area is 161 Å². The number of amides is 1. The maximum absolute atomic E-state index is 13.0. The van der Waals surface area contributed by atoms with Crippen LogP contribution >= 0.6 is 0 Å². The van der Waals surface area contributed by atoms with Crippen LogP contribution in [0.25, 0.3) is 0 Å². The lowest BCUT2D eigenvalue weighted by Gasteiger charge is -2.24. The molecule has 0 radical (unpaired) electrons. The normalized spacial score (nSPS) is 10.6. The van der Waals surface area contributed by atoms with Crippen molar-refractivity contribution in [3.8, 4) is 0 Å². The van der Waals surface area contributed by atoms with E-state index in [0.29, 0.717) is 12.0 Å². The van der Waals surface area contributed by atoms with E-state index in [1.54, 1.807) is 12.1 Å². The predicted octanol–water partition coefficient (Wildman–Crippen LogP) is 1.62. The Hall–Kier alpha value is -3.68. The van der Waals surface area contributed by atoms with Crippen LogP contribution in [0.3, 0.4) is 0 Å². The fourth-order valence-corrected chi connectivity index (χ4v) is 2.95. The molecule has 0 spiro atoms. The second-order valence-electron chi connectivity index (χ2n) is 6.26. The molecule has 2 heterocycles. The summed E-state index contributed by atoms with van der Waals surface area (Å²) in [5.41, 5.74) is 6.10. The van der Waals surface area contributed by atoms with Crippen molar-refractivity contribution < 1.29 is 4.79 Å². The molecule has 1 amide bonds. The average Bonchev–Trinajstić information content (AvgIpc) is 2.71. The Kier molecular flexibility index (Phi) is 5.69. The summed E-state index contributed by atoms with van der Waals surface area (Å²) in [6.45, 7) is 2.34. The number of hydrogen-bond acceptors (Lipinski definition) is 5. The second kappa shape index (κ2) is 8.34. The van der Waals surface area contributed by atoms with Gasteiger partial charge in [0.25, 0.3) is 11.5 Å². The Balaban J connectivity index is 2.10. The first-order chi connectivity index (χ1) is 13.5. The van der Waals surface area contributed by atoms with Crippen molar-refractivity contribution in [2.24, 2.45) is 0 Å². The number of nitrogen functional groups attached to an aromatic ring is 1. The van der Waals surface area contributed by atoms with E-state index in [1.807, 2.05) is 37.3 Å². The van der Waals surface area contributed by atoms with Crippen molar-refractivity contribution >= 4 is 17.4 Å². The minimum absolute atomic E-state index is 0.0285. The fraction of sp³-hybridized carbons (Fsp3) is 0.200. The molecule has 2 aromatic heterocycles. The molecular formula is C20H21N5O3. The molecular weight excluding hydrogens is 358 g/mol. The van der Waals surface area contributed by atoms with Gasteiger partial charge >= 0.3 is 5.69 Å². The van der Waals surface area contributed by atoms with Crippen LogP contribution in [0.1, 0.15) is 29.3 Å². The zero-order chi connectivity index (χ0) is 20.1. The quantitative estimate of drug-likeness (QED) is 0.675. The second-order valence-corrected chi connectivity index (χ2v) is 6.26. The monoisotopic (exact) mass is 379 g/mol. The van der Waals surface area contributed by atoms with Crippen LogP contribution in [0.2, 0.25) is 0 Å². The largest absolute Gasteiger partial charge is 0.383 e. The summed E-state index contributed by atoms with van der Waals surface area (Å²) in [5, 5.41) is 0. The number of nitrogens with one attached hydrogen (secondary N) is 1. The number of rotatable bonds is 6. The van der Waals surface area contributed by atoms with Crippen molar-refractivity contribution in [2.75, 3.05) is 17.2 Å². The number of carbonyl (C=O) groups excluding carboxylic acids is 1. The van der Waals surface area contributed by atoms with Gasteiger partial charge in [0.05, 0.1) is 6.54 Å². The van der Waals surface area contributed by atoms with Crippen LogP contribution in [0, 0.1) is 0 Å². The Morgan fingerprint density at radius 1 is 1.14 bits per heavy atom. The summed E-state index contributed by atoms with van der Waals surface area (Å²) in [7, 11) is 0. The third kappa shape index (κ3) is 3.85. The number of benzene rings is 1. The lowest BCUT2D eigenvalue weighted by molar-refractivity contribution is 0.0986. The van der Waals surface area contributed by atoms with Crippen molar-refractivity contribution in [3.05, 3.63) is 86.8 Å². The molecule has 1 aromatic carbocycles. The molecule has 0 unspecified atom stereocenters. The van der Waals surface area contributed by atoms with Gasteiger partial charge in [-0.25, -0.2) is 4.79 Å². The molecule has 0 saturated heterocycles. The molecule has 3 rings (SSSR count). The first-order valence-electron chi connectivity index (χ1n) is 8.91. The van der Waals surface area contributed by atoms with E-state index >= 15 is 0 Å². The van der Waals surface area contributed by atoms with Crippen LogP contribution in [0.5, 0.6) is 0 Å². The zero-order valence-electron chi connectivity index (χ0n) is 15.5. The molecule has 0 aliphatic heterocycles. The van der Waals surface area contributed by atoms with Crippen molar-refractivity contribution in [2.45, 2.75) is 19.9 Å². The molecule has 0 aliphatic rings. The van der Waals surface area contributed by atoms with Crippen LogP contribution in [0.4, 0.5) is 11.5 Å². The molecule has 3 N–H and O–H groups in total. The number of nitrogens with two attached hydrogens (primary N) is 1. The third-order valence-corrected chi connectivity index (χ3v) is 4.29. The lowest BCUT2D eigenvalue weighted by Crippen LogP contribution is -2.41. The molecule has 8 nitrogen and oxygen atoms in total. The Bertz CT molecular complexity index is 1070. The summed E-state index contributed by atoms with van der Waals surface area (Å²) >= 11 is 0. The molecule has 0 bridgehead atoms. The predicted molar refractivity (Wildman–Crippen MR) is 107 cm³/mol. The van der Waals surface area contributed by atoms with Gasteiger partial charge in [0.1, 0.15) is 5.82 Å². The van der Waals surface area contributed by atoms with Crippen LogP contribution in [-0.2, 0) is 6.54 Å². The average molecular weight is 379 g/mol. The van der Waals surface area contributed by atoms with Gasteiger partial charge in [-0.15, -0.1) is 0 Å². The maximum atomic E-state index is 13.0. The Morgan fingerprint density at radius 2 is 1.82 bits per heavy atom. The van der Waals surface area contributed by atoms with Gasteiger partial charge in [-0.1, -0.05) is 37.3 Å². The molecule has 0 fully saturated rings. The number of carbonyl (C=O) groups is 1. The van der Waals surface area contributed by atoms with E-state index in [4.69, 9.17) is 5.73 Å². The number of anilines is 2. The molecule has 28 heavy (non-hydrogen) atoms. The van der Waals surface area contributed by atoms with Gasteiger partial charge in [0.15, 0.2) is 5.69 Å². The lowest BCUT2D eigenvalue weighted by atomic mass is 10.2. The molecule has 0 atom stereocenters. The highest BCUT2D eigenvalue weighted by atomic mass is 16.2. The van der Waals surface area contributed by atoms with Crippen molar-refractivity contribution in [3.63, 3.8) is 0 Å². The molecule has 0 aliphatic carbocycles. The topological polar surface area (TPSA) is 114 Å². The van der Waals surface area contributed by atoms with Gasteiger partial charge in [-0.2, -0.15) is 0 Å². The zero-order valence-corrected chi connectivity index (χ0v) is 15.5. The molecule has 3 aromatic rings. The summed E-state index contributed by atoms with van der Waals surface area (Å²) < 4.78 is 1.26. The van der Waals surface area contributed by atoms with E-state index < -0.39 is 11.2 Å². The van der Waals surface area contributed by atoms with E-state index in [2.05, 4.69) is 9.97 Å². The number of aromatic nitrogens is 3. The van der Waals surface area contributed by atoms with Gasteiger partial charge in [-0.3, -0.25) is 24.1 Å². The highest BCUT2D eigenvalue weighted by Gasteiger charge is 2.24. The smallest absolute Gasteiger partial charge is 0.330 e. The standard InChI is InChI=1S/C20H21N5O3/c1-2-12-24(19(27)15-8-10-22-11-9-15)16-17(21)25(20(28)23-18(16)26)13-14-6-4-3-5-7-14/h3-11H,2,12-13,21H2,1H3,(H,23,26,28). The third-order valence-electron chi connectivity index (χ3n) is 4.29. The number of aromatic amines is 1. The summed E-state index contributed by atoms with van der Waals surface area (Å²) in [5.74, 6) is -0.431. The van der Waals surface area contributed by atoms with Crippen LogP contribution < -0.4 is 21.9 Å². The van der Waals surface area contributed by atoms with E-state index in [1.165, 1.54) is 21.9 Å².